The molecule has 102 valence electrons. The number of fused-ring (bicyclic) bond motifs is 3. The molecule has 0 fully saturated rings. The molecule has 5 heteroatoms. The standard InChI is InChI=1S/C15H10F3NO/c1-9-11-4-2-3-5-12(11)13-7-6-10(8-14(13)19-9)20-15(16,17)18/h2-8H,1H3. The highest BCUT2D eigenvalue weighted by molar-refractivity contribution is 6.06. The minimum absolute atomic E-state index is 0.257. The number of benzene rings is 2. The molecule has 1 aromatic heterocycles. The topological polar surface area (TPSA) is 22.1 Å². The summed E-state index contributed by atoms with van der Waals surface area (Å²) in [5.41, 5.74) is 1.26. The van der Waals surface area contributed by atoms with Crippen LogP contribution in [0.25, 0.3) is 21.7 Å². The van der Waals surface area contributed by atoms with E-state index in [4.69, 9.17) is 0 Å². The van der Waals surface area contributed by atoms with E-state index in [0.29, 0.717) is 5.52 Å². The third-order valence-electron chi connectivity index (χ3n) is 3.10. The lowest BCUT2D eigenvalue weighted by atomic mass is 10.0. The third-order valence-corrected chi connectivity index (χ3v) is 3.10. The predicted octanol–water partition coefficient (Wildman–Crippen LogP) is 4.60. The largest absolute Gasteiger partial charge is 0.573 e. The first-order chi connectivity index (χ1) is 9.44. The highest BCUT2D eigenvalue weighted by atomic mass is 19.4. The summed E-state index contributed by atoms with van der Waals surface area (Å²) in [6.45, 7) is 1.83. The van der Waals surface area contributed by atoms with E-state index in [0.717, 1.165) is 21.9 Å². The van der Waals surface area contributed by atoms with Crippen LogP contribution in [0.2, 0.25) is 0 Å². The molecular weight excluding hydrogens is 267 g/mol. The van der Waals surface area contributed by atoms with Gasteiger partial charge in [-0.15, -0.1) is 13.2 Å². The van der Waals surface area contributed by atoms with Crippen LogP contribution < -0.4 is 4.74 Å². The number of pyridine rings is 1. The molecule has 0 N–H and O–H groups in total. The average molecular weight is 277 g/mol. The van der Waals surface area contributed by atoms with Crippen molar-refractivity contribution in [3.8, 4) is 5.75 Å². The van der Waals surface area contributed by atoms with Gasteiger partial charge in [0.15, 0.2) is 0 Å². The molecule has 0 unspecified atom stereocenters. The molecule has 3 aromatic rings. The maximum atomic E-state index is 12.2. The lowest BCUT2D eigenvalue weighted by Crippen LogP contribution is -2.17. The maximum Gasteiger partial charge on any atom is 0.573 e. The van der Waals surface area contributed by atoms with E-state index in [1.807, 2.05) is 31.2 Å². The highest BCUT2D eigenvalue weighted by Gasteiger charge is 2.31. The first kappa shape index (κ1) is 12.7. The van der Waals surface area contributed by atoms with Crippen molar-refractivity contribution in [2.45, 2.75) is 13.3 Å². The lowest BCUT2D eigenvalue weighted by molar-refractivity contribution is -0.274. The second-order valence-corrected chi connectivity index (χ2v) is 4.47. The number of ether oxygens (including phenoxy) is 1. The van der Waals surface area contributed by atoms with Gasteiger partial charge in [0.1, 0.15) is 5.75 Å². The van der Waals surface area contributed by atoms with E-state index >= 15 is 0 Å². The molecule has 0 bridgehead atoms. The van der Waals surface area contributed by atoms with Gasteiger partial charge in [0.05, 0.1) is 5.52 Å². The molecule has 2 nitrogen and oxygen atoms in total. The molecule has 0 radical (unpaired) electrons. The predicted molar refractivity (Wildman–Crippen MR) is 70.7 cm³/mol. The van der Waals surface area contributed by atoms with E-state index in [-0.39, 0.29) is 5.75 Å². The minimum atomic E-state index is -4.69. The van der Waals surface area contributed by atoms with Crippen molar-refractivity contribution in [1.29, 1.82) is 0 Å². The Morgan fingerprint density at radius 1 is 0.950 bits per heavy atom. The quantitative estimate of drug-likeness (QED) is 0.607. The number of aryl methyl sites for hydroxylation is 1. The van der Waals surface area contributed by atoms with Gasteiger partial charge in [0, 0.05) is 22.5 Å². The third kappa shape index (κ3) is 2.27. The Bertz CT molecular complexity index is 796. The summed E-state index contributed by atoms with van der Waals surface area (Å²) in [6, 6.07) is 11.9. The minimum Gasteiger partial charge on any atom is -0.406 e. The molecule has 0 amide bonds. The Hall–Kier alpha value is -2.30. The van der Waals surface area contributed by atoms with Crippen LogP contribution in [0.5, 0.6) is 5.75 Å². The van der Waals surface area contributed by atoms with Crippen molar-refractivity contribution >= 4 is 21.7 Å². The number of alkyl halides is 3. The molecule has 0 aliphatic carbocycles. The van der Waals surface area contributed by atoms with Crippen LogP contribution in [0.3, 0.4) is 0 Å². The molecule has 0 spiro atoms. The number of nitrogens with zero attached hydrogens (tertiary/aromatic N) is 1. The zero-order valence-electron chi connectivity index (χ0n) is 10.5. The SMILES string of the molecule is Cc1nc2cc(OC(F)(F)F)ccc2c2ccccc12. The van der Waals surface area contributed by atoms with Gasteiger partial charge >= 0.3 is 6.36 Å². The van der Waals surface area contributed by atoms with Crippen molar-refractivity contribution in [1.82, 2.24) is 4.98 Å². The summed E-state index contributed by atoms with van der Waals surface area (Å²) in [7, 11) is 0. The monoisotopic (exact) mass is 277 g/mol. The maximum absolute atomic E-state index is 12.2. The summed E-state index contributed by atoms with van der Waals surface area (Å²) in [5, 5.41) is 2.76. The smallest absolute Gasteiger partial charge is 0.406 e. The van der Waals surface area contributed by atoms with Gasteiger partial charge in [0.2, 0.25) is 0 Å². The number of halogens is 3. The number of hydrogen-bond acceptors (Lipinski definition) is 2. The van der Waals surface area contributed by atoms with Crippen molar-refractivity contribution in [3.63, 3.8) is 0 Å². The Balaban J connectivity index is 2.23. The highest BCUT2D eigenvalue weighted by Crippen LogP contribution is 2.30. The van der Waals surface area contributed by atoms with Crippen LogP contribution in [0.15, 0.2) is 42.5 Å². The molecule has 1 heterocycles. The van der Waals surface area contributed by atoms with Gasteiger partial charge in [-0.25, -0.2) is 0 Å². The molecule has 0 aliphatic rings. The first-order valence-electron chi connectivity index (χ1n) is 5.99. The Labute approximate surface area is 112 Å². The van der Waals surface area contributed by atoms with Crippen molar-refractivity contribution in [3.05, 3.63) is 48.2 Å². The summed E-state index contributed by atoms with van der Waals surface area (Å²) < 4.78 is 40.6. The van der Waals surface area contributed by atoms with Gasteiger partial charge in [0.25, 0.3) is 0 Å². The van der Waals surface area contributed by atoms with Crippen LogP contribution in [0.1, 0.15) is 5.69 Å². The number of hydrogen-bond donors (Lipinski definition) is 0. The Morgan fingerprint density at radius 3 is 2.35 bits per heavy atom. The van der Waals surface area contributed by atoms with E-state index < -0.39 is 6.36 Å². The molecule has 20 heavy (non-hydrogen) atoms. The van der Waals surface area contributed by atoms with Crippen LogP contribution in [0.4, 0.5) is 13.2 Å². The van der Waals surface area contributed by atoms with Crippen LogP contribution in [-0.2, 0) is 0 Å². The van der Waals surface area contributed by atoms with E-state index in [1.165, 1.54) is 12.1 Å². The molecule has 2 aromatic carbocycles. The average Bonchev–Trinajstić information content (AvgIpc) is 2.37. The molecule has 0 saturated heterocycles. The number of aromatic nitrogens is 1. The van der Waals surface area contributed by atoms with Gasteiger partial charge in [-0.1, -0.05) is 24.3 Å². The zero-order valence-corrected chi connectivity index (χ0v) is 10.5. The van der Waals surface area contributed by atoms with Crippen LogP contribution >= 0.6 is 0 Å². The molecule has 0 atom stereocenters. The summed E-state index contributed by atoms with van der Waals surface area (Å²) in [5.74, 6) is -0.257. The molecule has 3 rings (SSSR count). The Kier molecular flexibility index (Phi) is 2.78. The second-order valence-electron chi connectivity index (χ2n) is 4.47. The fourth-order valence-corrected chi connectivity index (χ4v) is 2.30. The van der Waals surface area contributed by atoms with Crippen molar-refractivity contribution in [2.24, 2.45) is 0 Å². The van der Waals surface area contributed by atoms with Crippen molar-refractivity contribution < 1.29 is 17.9 Å². The normalized spacial score (nSPS) is 12.0. The van der Waals surface area contributed by atoms with Gasteiger partial charge in [-0.2, -0.15) is 0 Å². The van der Waals surface area contributed by atoms with E-state index in [1.54, 1.807) is 6.07 Å². The van der Waals surface area contributed by atoms with Gasteiger partial charge in [-0.3, -0.25) is 4.98 Å². The Morgan fingerprint density at radius 2 is 1.65 bits per heavy atom. The molecular formula is C15H10F3NO. The summed E-state index contributed by atoms with van der Waals surface area (Å²) in [6.07, 6.45) is -4.69. The van der Waals surface area contributed by atoms with Gasteiger partial charge < -0.3 is 4.74 Å². The lowest BCUT2D eigenvalue weighted by Gasteiger charge is -2.11. The van der Waals surface area contributed by atoms with Crippen LogP contribution in [0, 0.1) is 6.92 Å². The van der Waals surface area contributed by atoms with Gasteiger partial charge in [-0.05, 0) is 24.4 Å². The summed E-state index contributed by atoms with van der Waals surface area (Å²) in [4.78, 5) is 4.35. The first-order valence-corrected chi connectivity index (χ1v) is 5.99. The molecule has 0 saturated carbocycles. The molecule has 0 aliphatic heterocycles. The van der Waals surface area contributed by atoms with Crippen molar-refractivity contribution in [2.75, 3.05) is 0 Å². The number of rotatable bonds is 1. The fraction of sp³-hybridized carbons (Fsp3) is 0.133. The van der Waals surface area contributed by atoms with E-state index in [9.17, 15) is 13.2 Å². The summed E-state index contributed by atoms with van der Waals surface area (Å²) >= 11 is 0. The second kappa shape index (κ2) is 4.37. The fourth-order valence-electron chi connectivity index (χ4n) is 2.30. The van der Waals surface area contributed by atoms with Crippen LogP contribution in [-0.4, -0.2) is 11.3 Å². The zero-order chi connectivity index (χ0) is 14.3. The van der Waals surface area contributed by atoms with E-state index in [2.05, 4.69) is 9.72 Å².